The average Bonchev–Trinajstić information content (AvgIpc) is 3.07. The maximum absolute atomic E-state index is 16.8. The number of anilines is 2. The van der Waals surface area contributed by atoms with Crippen LogP contribution in [0, 0.1) is 12.7 Å². The molecule has 0 saturated carbocycles. The first-order valence-electron chi connectivity index (χ1n) is 13.9. The summed E-state index contributed by atoms with van der Waals surface area (Å²) < 4.78 is 16.8. The Morgan fingerprint density at radius 1 is 0.923 bits per heavy atom. The predicted molar refractivity (Wildman–Crippen MR) is 159 cm³/mol. The molecule has 202 valence electrons. The maximum atomic E-state index is 16.8. The lowest BCUT2D eigenvalue weighted by Gasteiger charge is -2.43. The number of aryl methyl sites for hydroxylation is 1. The van der Waals surface area contributed by atoms with Crippen LogP contribution in [0.4, 0.5) is 16.2 Å². The Morgan fingerprint density at radius 3 is 2.36 bits per heavy atom. The summed E-state index contributed by atoms with van der Waals surface area (Å²) in [4.78, 5) is 19.2. The fourth-order valence-electron chi connectivity index (χ4n) is 6.70. The topological polar surface area (TPSA) is 38.7 Å². The minimum atomic E-state index is -0.375. The van der Waals surface area contributed by atoms with Gasteiger partial charge in [-0.3, -0.25) is 4.90 Å². The summed E-state index contributed by atoms with van der Waals surface area (Å²) >= 11 is 6.96. The van der Waals surface area contributed by atoms with Gasteiger partial charge in [0.2, 0.25) is 5.95 Å². The molecular weight excluding hydrogens is 511 g/mol. The quantitative estimate of drug-likeness (QED) is 0.334. The lowest BCUT2D eigenvalue weighted by atomic mass is 9.94. The maximum Gasteiger partial charge on any atom is 0.228 e. The van der Waals surface area contributed by atoms with Gasteiger partial charge in [-0.05, 0) is 68.9 Å². The van der Waals surface area contributed by atoms with Crippen LogP contribution in [0.1, 0.15) is 18.4 Å². The number of aromatic nitrogens is 2. The number of rotatable bonds is 4. The highest BCUT2D eigenvalue weighted by atomic mass is 35.5. The Hall–Kier alpha value is -3.00. The minimum Gasteiger partial charge on any atom is -0.353 e. The van der Waals surface area contributed by atoms with Crippen LogP contribution < -0.4 is 9.80 Å². The van der Waals surface area contributed by atoms with E-state index in [9.17, 15) is 0 Å². The minimum absolute atomic E-state index is 0.347. The predicted octanol–water partition coefficient (Wildman–Crippen LogP) is 5.58. The second kappa shape index (κ2) is 9.29. The van der Waals surface area contributed by atoms with Crippen LogP contribution >= 0.6 is 11.6 Å². The van der Waals surface area contributed by atoms with Crippen molar-refractivity contribution < 1.29 is 4.39 Å². The normalized spacial score (nSPS) is 21.9. The van der Waals surface area contributed by atoms with Gasteiger partial charge < -0.3 is 14.7 Å². The van der Waals surface area contributed by atoms with Crippen molar-refractivity contribution in [3.05, 3.63) is 58.9 Å². The van der Waals surface area contributed by atoms with Crippen molar-refractivity contribution in [1.82, 2.24) is 19.8 Å². The second-order valence-electron chi connectivity index (χ2n) is 11.8. The Labute approximate surface area is 234 Å². The van der Waals surface area contributed by atoms with Crippen LogP contribution in [0.15, 0.2) is 42.5 Å². The first-order valence-corrected chi connectivity index (χ1v) is 14.2. The Kier molecular flexibility index (Phi) is 5.95. The zero-order chi connectivity index (χ0) is 27.0. The van der Waals surface area contributed by atoms with E-state index in [1.807, 2.05) is 37.3 Å². The second-order valence-corrected chi connectivity index (χ2v) is 12.2. The van der Waals surface area contributed by atoms with Gasteiger partial charge in [0.1, 0.15) is 11.3 Å². The van der Waals surface area contributed by atoms with Gasteiger partial charge >= 0.3 is 0 Å². The molecule has 2 unspecified atom stereocenters. The van der Waals surface area contributed by atoms with E-state index < -0.39 is 0 Å². The molecule has 8 heteroatoms. The van der Waals surface area contributed by atoms with Gasteiger partial charge in [-0.25, -0.2) is 9.37 Å². The van der Waals surface area contributed by atoms with Crippen molar-refractivity contribution in [3.63, 3.8) is 0 Å². The Bertz CT molecular complexity index is 1590. The molecule has 6 nitrogen and oxygen atoms in total. The highest BCUT2D eigenvalue weighted by molar-refractivity contribution is 6.35. The zero-order valence-corrected chi connectivity index (χ0v) is 23.7. The van der Waals surface area contributed by atoms with E-state index in [1.165, 1.54) is 12.8 Å². The number of piperazine rings is 1. The average molecular weight is 545 g/mol. The van der Waals surface area contributed by atoms with Crippen molar-refractivity contribution in [1.29, 1.82) is 0 Å². The van der Waals surface area contributed by atoms with E-state index in [1.54, 1.807) is 0 Å². The van der Waals surface area contributed by atoms with E-state index in [4.69, 9.17) is 21.6 Å². The molecule has 4 heterocycles. The molecule has 4 aromatic rings. The van der Waals surface area contributed by atoms with Crippen molar-refractivity contribution in [3.8, 4) is 11.1 Å². The third-order valence-electron chi connectivity index (χ3n) is 9.15. The van der Waals surface area contributed by atoms with Crippen LogP contribution in [0.2, 0.25) is 5.02 Å². The van der Waals surface area contributed by atoms with Crippen molar-refractivity contribution in [2.75, 3.05) is 57.1 Å². The molecule has 3 aromatic carbocycles. The standard InChI is InChI=1S/C31H34ClFN6/c1-18-11-19-7-5-6-8-23(19)24(12-18)27-26(32)13-25-29(28(27)33)34-31(39-16-22(17-39)36(2)3)35-30(25)38-14-20-9-10-21(15-38)37(20)4/h5-8,11-13,20-22H,9-10,14-17H2,1-4H3. The van der Waals surface area contributed by atoms with Crippen LogP contribution in [-0.2, 0) is 0 Å². The molecule has 2 atom stereocenters. The first-order chi connectivity index (χ1) is 18.8. The lowest BCUT2D eigenvalue weighted by Crippen LogP contribution is -2.58. The van der Waals surface area contributed by atoms with Crippen molar-refractivity contribution in [2.45, 2.75) is 37.9 Å². The molecule has 2 bridgehead atoms. The van der Waals surface area contributed by atoms with Gasteiger partial charge in [0.05, 0.1) is 5.02 Å². The molecule has 0 aliphatic carbocycles. The molecule has 39 heavy (non-hydrogen) atoms. The fraction of sp³-hybridized carbons (Fsp3) is 0.419. The third-order valence-corrected chi connectivity index (χ3v) is 9.45. The van der Waals surface area contributed by atoms with E-state index in [0.29, 0.717) is 45.6 Å². The van der Waals surface area contributed by atoms with Gasteiger partial charge in [-0.1, -0.05) is 48.0 Å². The number of likely N-dealkylation sites (N-methyl/N-ethyl adjacent to an activating group) is 2. The van der Waals surface area contributed by atoms with Crippen LogP contribution in [0.3, 0.4) is 0 Å². The van der Waals surface area contributed by atoms with Gasteiger partial charge in [0.15, 0.2) is 5.82 Å². The summed E-state index contributed by atoms with van der Waals surface area (Å²) in [7, 11) is 6.41. The number of hydrogen-bond donors (Lipinski definition) is 0. The van der Waals surface area contributed by atoms with E-state index in [2.05, 4.69) is 52.9 Å². The summed E-state index contributed by atoms with van der Waals surface area (Å²) in [5.74, 6) is 1.03. The monoisotopic (exact) mass is 544 g/mol. The van der Waals surface area contributed by atoms with Gasteiger partial charge in [-0.15, -0.1) is 0 Å². The summed E-state index contributed by atoms with van der Waals surface area (Å²) in [6.07, 6.45) is 2.37. The van der Waals surface area contributed by atoms with E-state index in [-0.39, 0.29) is 5.82 Å². The van der Waals surface area contributed by atoms with Crippen LogP contribution in [-0.4, -0.2) is 85.2 Å². The Morgan fingerprint density at radius 2 is 1.64 bits per heavy atom. The molecular formula is C31H34ClFN6. The summed E-state index contributed by atoms with van der Waals surface area (Å²) in [6.45, 7) is 5.45. The molecule has 3 saturated heterocycles. The summed E-state index contributed by atoms with van der Waals surface area (Å²) in [5, 5.41) is 3.12. The van der Waals surface area contributed by atoms with E-state index >= 15 is 4.39 Å². The van der Waals surface area contributed by atoms with Crippen molar-refractivity contribution in [2.24, 2.45) is 0 Å². The molecule has 3 fully saturated rings. The first kappa shape index (κ1) is 25.0. The van der Waals surface area contributed by atoms with Gasteiger partial charge in [-0.2, -0.15) is 4.98 Å². The zero-order valence-electron chi connectivity index (χ0n) is 23.0. The van der Waals surface area contributed by atoms with Crippen molar-refractivity contribution >= 4 is 45.0 Å². The van der Waals surface area contributed by atoms with E-state index in [0.717, 1.165) is 53.9 Å². The molecule has 0 N–H and O–H groups in total. The number of hydrogen-bond acceptors (Lipinski definition) is 6. The highest BCUT2D eigenvalue weighted by Crippen LogP contribution is 2.43. The third kappa shape index (κ3) is 4.05. The smallest absolute Gasteiger partial charge is 0.228 e. The highest BCUT2D eigenvalue weighted by Gasteiger charge is 2.39. The molecule has 0 radical (unpaired) electrons. The lowest BCUT2D eigenvalue weighted by molar-refractivity contribution is 0.212. The number of halogens is 2. The molecule has 1 aromatic heterocycles. The number of nitrogens with zero attached hydrogens (tertiary/aromatic N) is 6. The number of fused-ring (bicyclic) bond motifs is 4. The summed E-state index contributed by atoms with van der Waals surface area (Å²) in [5.41, 5.74) is 2.62. The molecule has 7 rings (SSSR count). The molecule has 0 spiro atoms. The van der Waals surface area contributed by atoms with Gasteiger partial charge in [0.25, 0.3) is 0 Å². The number of benzene rings is 3. The fourth-order valence-corrected chi connectivity index (χ4v) is 6.99. The molecule has 3 aliphatic rings. The molecule has 0 amide bonds. The summed E-state index contributed by atoms with van der Waals surface area (Å²) in [6, 6.07) is 15.5. The largest absolute Gasteiger partial charge is 0.353 e. The Balaban J connectivity index is 1.42. The van der Waals surface area contributed by atoms with Gasteiger partial charge in [0, 0.05) is 55.3 Å². The SMILES string of the molecule is Cc1cc(-c2c(Cl)cc3c(N4CC5CCC(C4)N5C)nc(N4CC(N(C)C)C4)nc3c2F)c2ccccc2c1. The molecule has 3 aliphatic heterocycles. The van der Waals surface area contributed by atoms with Crippen LogP contribution in [0.5, 0.6) is 0 Å². The van der Waals surface area contributed by atoms with Crippen LogP contribution in [0.25, 0.3) is 32.8 Å².